The molecule has 0 aliphatic heterocycles. The molecule has 0 bridgehead atoms. The second-order valence-corrected chi connectivity index (χ2v) is 5.03. The molecule has 0 aliphatic rings. The van der Waals surface area contributed by atoms with Gasteiger partial charge in [0, 0.05) is 0 Å². The number of aliphatic hydroxyl groups excluding tert-OH is 1. The normalized spacial score (nSPS) is 15.7. The summed E-state index contributed by atoms with van der Waals surface area (Å²) < 4.78 is 31.3. The Morgan fingerprint density at radius 3 is 2.07 bits per heavy atom. The molecule has 80 valence electrons. The third kappa shape index (κ3) is 4.16. The van der Waals surface area contributed by atoms with Crippen molar-refractivity contribution in [3.8, 4) is 0 Å². The van der Waals surface area contributed by atoms with Crippen molar-refractivity contribution in [2.24, 2.45) is 0 Å². The van der Waals surface area contributed by atoms with Crippen LogP contribution in [0.5, 0.6) is 0 Å². The fourth-order valence-electron chi connectivity index (χ4n) is 1.25. The van der Waals surface area contributed by atoms with Crippen LogP contribution in [-0.4, -0.2) is 29.4 Å². The van der Waals surface area contributed by atoms with Crippen LogP contribution in [0.15, 0.2) is 0 Å². The van der Waals surface area contributed by atoms with E-state index in [1.807, 2.05) is 6.92 Å². The van der Waals surface area contributed by atoms with Gasteiger partial charge in [0.2, 0.25) is 0 Å². The Morgan fingerprint density at radius 2 is 1.86 bits per heavy atom. The molecule has 0 heterocycles. The molecule has 0 aromatic rings. The predicted octanol–water partition coefficient (Wildman–Crippen LogP) is -2.13. The van der Waals surface area contributed by atoms with Crippen molar-refractivity contribution in [2.75, 3.05) is 6.61 Å². The van der Waals surface area contributed by atoms with E-state index in [0.717, 1.165) is 6.42 Å². The Morgan fingerprint density at radius 1 is 1.36 bits per heavy atom. The zero-order valence-electron chi connectivity index (χ0n) is 9.12. The zero-order valence-corrected chi connectivity index (χ0v) is 11.9. The molecule has 0 spiro atoms. The molecule has 1 unspecified atom stereocenters. The van der Waals surface area contributed by atoms with Crippen LogP contribution in [-0.2, 0) is 10.1 Å². The zero-order chi connectivity index (χ0) is 10.5. The fraction of sp³-hybridized carbons (Fsp3) is 1.00. The number of hydrogen-bond acceptors (Lipinski definition) is 4. The maximum Gasteiger partial charge on any atom is 1.00 e. The molecule has 0 saturated heterocycles. The molecule has 0 fully saturated rings. The van der Waals surface area contributed by atoms with Crippen LogP contribution in [0.1, 0.15) is 39.5 Å². The van der Waals surface area contributed by atoms with E-state index in [9.17, 15) is 13.0 Å². The monoisotopic (exact) mass is 232 g/mol. The summed E-state index contributed by atoms with van der Waals surface area (Å²) in [6.07, 6.45) is 1.89. The smallest absolute Gasteiger partial charge is 0.747 e. The van der Waals surface area contributed by atoms with Crippen LogP contribution in [0, 0.1) is 0 Å². The van der Waals surface area contributed by atoms with Gasteiger partial charge >= 0.3 is 29.6 Å². The molecule has 6 heteroatoms. The molecule has 4 nitrogen and oxygen atoms in total. The Bertz CT molecular complexity index is 234. The van der Waals surface area contributed by atoms with Crippen LogP contribution in [0.25, 0.3) is 0 Å². The van der Waals surface area contributed by atoms with Crippen molar-refractivity contribution >= 4 is 10.1 Å². The van der Waals surface area contributed by atoms with Crippen molar-refractivity contribution in [1.82, 2.24) is 0 Å². The summed E-state index contributed by atoms with van der Waals surface area (Å²) in [5.41, 5.74) is 0. The summed E-state index contributed by atoms with van der Waals surface area (Å²) in [4.78, 5) is 0. The van der Waals surface area contributed by atoms with Gasteiger partial charge in [-0.05, 0) is 12.8 Å². The van der Waals surface area contributed by atoms with Gasteiger partial charge in [0.05, 0.1) is 11.4 Å². The molecule has 0 saturated carbocycles. The second-order valence-electron chi connectivity index (χ2n) is 3.25. The van der Waals surface area contributed by atoms with E-state index in [2.05, 4.69) is 0 Å². The molecule has 0 amide bonds. The van der Waals surface area contributed by atoms with Gasteiger partial charge in [-0.15, -0.1) is 0 Å². The summed E-state index contributed by atoms with van der Waals surface area (Å²) in [6.45, 7) is 2.95. The summed E-state index contributed by atoms with van der Waals surface area (Å²) in [5, 5.41) is 8.96. The van der Waals surface area contributed by atoms with Crippen LogP contribution in [0.3, 0.4) is 0 Å². The largest absolute Gasteiger partial charge is 1.00 e. The number of rotatable bonds is 6. The van der Waals surface area contributed by atoms with Gasteiger partial charge in [-0.2, -0.15) is 0 Å². The van der Waals surface area contributed by atoms with Crippen molar-refractivity contribution < 1.29 is 47.6 Å². The topological polar surface area (TPSA) is 77.4 Å². The molecular weight excluding hydrogens is 215 g/mol. The third-order valence-corrected chi connectivity index (χ3v) is 4.13. The van der Waals surface area contributed by atoms with Crippen molar-refractivity contribution in [3.05, 3.63) is 0 Å². The Hall–Kier alpha value is 0.870. The summed E-state index contributed by atoms with van der Waals surface area (Å²) in [7, 11) is -4.40. The summed E-state index contributed by atoms with van der Waals surface area (Å²) >= 11 is 0. The molecule has 1 N–H and O–H groups in total. The third-order valence-electron chi connectivity index (χ3n) is 2.45. The van der Waals surface area contributed by atoms with Gasteiger partial charge in [0.25, 0.3) is 0 Å². The number of hydrogen-bond donors (Lipinski definition) is 1. The van der Waals surface area contributed by atoms with Gasteiger partial charge in [0.1, 0.15) is 10.1 Å². The minimum Gasteiger partial charge on any atom is -0.747 e. The Kier molecular flexibility index (Phi) is 8.87. The van der Waals surface area contributed by atoms with Crippen LogP contribution in [0.2, 0.25) is 0 Å². The SMILES string of the molecule is CCCCC(CC)(CO)S(=O)(=O)[O-].[Na+]. The first-order valence-corrected chi connectivity index (χ1v) is 5.90. The van der Waals surface area contributed by atoms with Crippen LogP contribution in [0.4, 0.5) is 0 Å². The van der Waals surface area contributed by atoms with Crippen molar-refractivity contribution in [1.29, 1.82) is 0 Å². The molecule has 14 heavy (non-hydrogen) atoms. The minimum absolute atomic E-state index is 0. The van der Waals surface area contributed by atoms with Gasteiger partial charge < -0.3 is 9.66 Å². The van der Waals surface area contributed by atoms with E-state index in [0.29, 0.717) is 6.42 Å². The summed E-state index contributed by atoms with van der Waals surface area (Å²) in [5.74, 6) is 0. The predicted molar refractivity (Wildman–Crippen MR) is 49.3 cm³/mol. The van der Waals surface area contributed by atoms with E-state index < -0.39 is 21.5 Å². The molecular formula is C8H17NaO4S. The van der Waals surface area contributed by atoms with E-state index in [-0.39, 0.29) is 42.4 Å². The van der Waals surface area contributed by atoms with Crippen LogP contribution < -0.4 is 29.6 Å². The van der Waals surface area contributed by atoms with Crippen molar-refractivity contribution in [3.63, 3.8) is 0 Å². The van der Waals surface area contributed by atoms with Crippen molar-refractivity contribution in [2.45, 2.75) is 44.3 Å². The molecule has 0 aromatic heterocycles. The fourth-order valence-corrected chi connectivity index (χ4v) is 2.15. The molecule has 0 aromatic carbocycles. The summed E-state index contributed by atoms with van der Waals surface area (Å²) in [6, 6.07) is 0. The quantitative estimate of drug-likeness (QED) is 0.419. The van der Waals surface area contributed by atoms with E-state index in [4.69, 9.17) is 5.11 Å². The first-order chi connectivity index (χ1) is 5.93. The first kappa shape index (κ1) is 17.3. The van der Waals surface area contributed by atoms with Gasteiger partial charge in [-0.3, -0.25) is 0 Å². The van der Waals surface area contributed by atoms with Crippen LogP contribution >= 0.6 is 0 Å². The Labute approximate surface area is 108 Å². The molecule has 0 rings (SSSR count). The maximum atomic E-state index is 10.9. The van der Waals surface area contributed by atoms with E-state index in [1.54, 1.807) is 6.92 Å². The van der Waals surface area contributed by atoms with Gasteiger partial charge in [-0.25, -0.2) is 8.42 Å². The molecule has 0 radical (unpaired) electrons. The second kappa shape index (κ2) is 7.19. The van der Waals surface area contributed by atoms with E-state index >= 15 is 0 Å². The number of aliphatic hydroxyl groups is 1. The molecule has 1 atom stereocenters. The maximum absolute atomic E-state index is 10.9. The Balaban J connectivity index is 0. The number of unbranched alkanes of at least 4 members (excludes halogenated alkanes) is 1. The average molecular weight is 232 g/mol. The standard InChI is InChI=1S/C8H18O4S.Na/c1-3-5-6-8(4-2,7-9)13(10,11)12;/h9H,3-7H2,1-2H3,(H,10,11,12);/q;+1/p-1. The van der Waals surface area contributed by atoms with Gasteiger partial charge in [0.15, 0.2) is 0 Å². The minimum atomic E-state index is -4.40. The van der Waals surface area contributed by atoms with E-state index in [1.165, 1.54) is 0 Å². The molecule has 0 aliphatic carbocycles. The van der Waals surface area contributed by atoms with Gasteiger partial charge in [-0.1, -0.05) is 26.7 Å². The first-order valence-electron chi connectivity index (χ1n) is 4.50. The average Bonchev–Trinajstić information content (AvgIpc) is 2.05.